The van der Waals surface area contributed by atoms with Crippen molar-refractivity contribution in [1.82, 2.24) is 15.5 Å². The lowest BCUT2D eigenvalue weighted by atomic mass is 10.3. The zero-order valence-corrected chi connectivity index (χ0v) is 14.4. The predicted molar refractivity (Wildman–Crippen MR) is 88.6 cm³/mol. The van der Waals surface area contributed by atoms with Crippen molar-refractivity contribution < 1.29 is 8.42 Å². The maximum atomic E-state index is 11.5. The van der Waals surface area contributed by atoms with Gasteiger partial charge in [-0.15, -0.1) is 0 Å². The first-order valence-corrected chi connectivity index (χ1v) is 9.80. The molecule has 0 aromatic rings. The molecule has 1 heterocycles. The summed E-state index contributed by atoms with van der Waals surface area (Å²) in [6.07, 6.45) is 1.69. The van der Waals surface area contributed by atoms with E-state index in [0.29, 0.717) is 6.42 Å². The Morgan fingerprint density at radius 1 is 1.29 bits per heavy atom. The molecule has 0 radical (unpaired) electrons. The Labute approximate surface area is 129 Å². The Bertz CT molecular complexity index is 419. The molecule has 124 valence electrons. The van der Waals surface area contributed by atoms with Crippen LogP contribution in [0.2, 0.25) is 0 Å². The average molecular weight is 318 g/mol. The minimum Gasteiger partial charge on any atom is -0.357 e. The lowest BCUT2D eigenvalue weighted by Crippen LogP contribution is -2.44. The van der Waals surface area contributed by atoms with Crippen LogP contribution in [0.1, 0.15) is 33.6 Å². The highest BCUT2D eigenvalue weighted by atomic mass is 32.2. The van der Waals surface area contributed by atoms with Crippen LogP contribution in [0.4, 0.5) is 0 Å². The number of sulfone groups is 1. The van der Waals surface area contributed by atoms with Gasteiger partial charge in [0.2, 0.25) is 0 Å². The van der Waals surface area contributed by atoms with E-state index in [9.17, 15) is 8.42 Å². The molecule has 1 rings (SSSR count). The van der Waals surface area contributed by atoms with E-state index in [1.807, 2.05) is 6.92 Å². The topological polar surface area (TPSA) is 73.8 Å². The molecule has 0 saturated carbocycles. The summed E-state index contributed by atoms with van der Waals surface area (Å²) in [5.41, 5.74) is 0. The molecular formula is C14H30N4O2S. The first kappa shape index (κ1) is 18.2. The number of hydrogen-bond donors (Lipinski definition) is 2. The molecule has 1 fully saturated rings. The van der Waals surface area contributed by atoms with E-state index in [0.717, 1.165) is 45.1 Å². The normalized spacial score (nSPS) is 21.7. The fraction of sp³-hybridized carbons (Fsp3) is 0.929. The summed E-state index contributed by atoms with van der Waals surface area (Å²) in [4.78, 5) is 6.91. The van der Waals surface area contributed by atoms with Gasteiger partial charge in [0.05, 0.1) is 11.5 Å². The van der Waals surface area contributed by atoms with E-state index in [1.165, 1.54) is 0 Å². The molecule has 0 spiro atoms. The molecule has 7 heteroatoms. The van der Waals surface area contributed by atoms with E-state index in [2.05, 4.69) is 34.4 Å². The van der Waals surface area contributed by atoms with E-state index in [-0.39, 0.29) is 17.5 Å². The first-order chi connectivity index (χ1) is 10.0. The number of hydrogen-bond acceptors (Lipinski definition) is 4. The molecule has 0 aliphatic carbocycles. The third-order valence-electron chi connectivity index (χ3n) is 3.71. The summed E-state index contributed by atoms with van der Waals surface area (Å²) in [7, 11) is -2.85. The van der Waals surface area contributed by atoms with Gasteiger partial charge in [0, 0.05) is 19.1 Å². The van der Waals surface area contributed by atoms with Gasteiger partial charge in [-0.3, -0.25) is 4.99 Å². The number of aliphatic imine (C=N–C) groups is 1. The maximum Gasteiger partial charge on any atom is 0.191 e. The number of guanidine groups is 1. The van der Waals surface area contributed by atoms with Gasteiger partial charge in [-0.05, 0) is 39.4 Å². The molecule has 1 aliphatic heterocycles. The molecular weight excluding hydrogens is 288 g/mol. The fourth-order valence-electron chi connectivity index (χ4n) is 2.45. The molecule has 2 N–H and O–H groups in total. The van der Waals surface area contributed by atoms with Gasteiger partial charge in [-0.2, -0.15) is 0 Å². The monoisotopic (exact) mass is 318 g/mol. The van der Waals surface area contributed by atoms with Gasteiger partial charge in [-0.25, -0.2) is 8.42 Å². The van der Waals surface area contributed by atoms with Gasteiger partial charge in [0.25, 0.3) is 0 Å². The van der Waals surface area contributed by atoms with Crippen LogP contribution in [0.15, 0.2) is 4.99 Å². The summed E-state index contributed by atoms with van der Waals surface area (Å²) in [5.74, 6) is 1.24. The quantitative estimate of drug-likeness (QED) is 0.386. The molecule has 0 amide bonds. The van der Waals surface area contributed by atoms with Crippen molar-refractivity contribution in [2.45, 2.75) is 39.7 Å². The van der Waals surface area contributed by atoms with Crippen LogP contribution in [0.5, 0.6) is 0 Å². The summed E-state index contributed by atoms with van der Waals surface area (Å²) in [6, 6.07) is -0.00409. The van der Waals surface area contributed by atoms with E-state index < -0.39 is 9.84 Å². The third-order valence-corrected chi connectivity index (χ3v) is 5.48. The minimum absolute atomic E-state index is 0.00409. The minimum atomic E-state index is -2.85. The number of rotatable bonds is 8. The standard InChI is InChI=1S/C14H30N4O2S/c1-4-15-14(16-9-7-10-18(5-2)6-3)17-13-8-11-21(19,20)12-13/h13H,4-12H2,1-3H3,(H2,15,16,17). The van der Waals surface area contributed by atoms with Crippen molar-refractivity contribution in [2.75, 3.05) is 44.2 Å². The summed E-state index contributed by atoms with van der Waals surface area (Å²) >= 11 is 0. The van der Waals surface area contributed by atoms with Crippen molar-refractivity contribution in [3.8, 4) is 0 Å². The molecule has 6 nitrogen and oxygen atoms in total. The largest absolute Gasteiger partial charge is 0.357 e. The van der Waals surface area contributed by atoms with Gasteiger partial charge < -0.3 is 15.5 Å². The lowest BCUT2D eigenvalue weighted by molar-refractivity contribution is 0.302. The summed E-state index contributed by atoms with van der Waals surface area (Å²) < 4.78 is 23.0. The lowest BCUT2D eigenvalue weighted by Gasteiger charge is -2.18. The first-order valence-electron chi connectivity index (χ1n) is 7.98. The van der Waals surface area contributed by atoms with Crippen molar-refractivity contribution in [1.29, 1.82) is 0 Å². The van der Waals surface area contributed by atoms with Crippen molar-refractivity contribution in [3.05, 3.63) is 0 Å². The van der Waals surface area contributed by atoms with Gasteiger partial charge in [-0.1, -0.05) is 13.8 Å². The van der Waals surface area contributed by atoms with Crippen molar-refractivity contribution in [2.24, 2.45) is 4.99 Å². The van der Waals surface area contributed by atoms with E-state index in [4.69, 9.17) is 0 Å². The predicted octanol–water partition coefficient (Wildman–Crippen LogP) is 0.461. The average Bonchev–Trinajstić information content (AvgIpc) is 2.78. The summed E-state index contributed by atoms with van der Waals surface area (Å²) in [5, 5.41) is 6.42. The van der Waals surface area contributed by atoms with Gasteiger partial charge in [0.1, 0.15) is 0 Å². The molecule has 0 bridgehead atoms. The summed E-state index contributed by atoms with van der Waals surface area (Å²) in [6.45, 7) is 11.1. The highest BCUT2D eigenvalue weighted by Gasteiger charge is 2.28. The van der Waals surface area contributed by atoms with Crippen LogP contribution in [0.3, 0.4) is 0 Å². The SMILES string of the molecule is CCNC(=NCCCN(CC)CC)NC1CCS(=O)(=O)C1. The van der Waals surface area contributed by atoms with Gasteiger partial charge >= 0.3 is 0 Å². The zero-order valence-electron chi connectivity index (χ0n) is 13.6. The van der Waals surface area contributed by atoms with Crippen LogP contribution < -0.4 is 10.6 Å². The van der Waals surface area contributed by atoms with Crippen LogP contribution in [-0.4, -0.2) is 69.5 Å². The maximum absolute atomic E-state index is 11.5. The Balaban J connectivity index is 2.39. The van der Waals surface area contributed by atoms with Crippen molar-refractivity contribution in [3.63, 3.8) is 0 Å². The van der Waals surface area contributed by atoms with Crippen LogP contribution in [0, 0.1) is 0 Å². The van der Waals surface area contributed by atoms with E-state index in [1.54, 1.807) is 0 Å². The molecule has 1 atom stereocenters. The molecule has 21 heavy (non-hydrogen) atoms. The highest BCUT2D eigenvalue weighted by Crippen LogP contribution is 2.10. The van der Waals surface area contributed by atoms with Crippen LogP contribution in [0.25, 0.3) is 0 Å². The zero-order chi connectivity index (χ0) is 15.7. The Morgan fingerprint density at radius 3 is 2.52 bits per heavy atom. The molecule has 0 aromatic carbocycles. The van der Waals surface area contributed by atoms with Crippen molar-refractivity contribution >= 4 is 15.8 Å². The second-order valence-electron chi connectivity index (χ2n) is 5.39. The number of nitrogens with one attached hydrogen (secondary N) is 2. The third kappa shape index (κ3) is 7.13. The van der Waals surface area contributed by atoms with Crippen LogP contribution in [-0.2, 0) is 9.84 Å². The number of nitrogens with zero attached hydrogens (tertiary/aromatic N) is 2. The second kappa shape index (κ2) is 9.25. The molecule has 1 unspecified atom stereocenters. The fourth-order valence-corrected chi connectivity index (χ4v) is 4.12. The Hall–Kier alpha value is -0.820. The molecule has 1 saturated heterocycles. The Kier molecular flexibility index (Phi) is 8.03. The highest BCUT2D eigenvalue weighted by molar-refractivity contribution is 7.91. The Morgan fingerprint density at radius 2 is 2.00 bits per heavy atom. The van der Waals surface area contributed by atoms with E-state index >= 15 is 0 Å². The molecule has 0 aromatic heterocycles. The van der Waals surface area contributed by atoms with Gasteiger partial charge in [0.15, 0.2) is 15.8 Å². The van der Waals surface area contributed by atoms with Crippen LogP contribution >= 0.6 is 0 Å². The molecule has 1 aliphatic rings. The smallest absolute Gasteiger partial charge is 0.191 e. The second-order valence-corrected chi connectivity index (χ2v) is 7.61.